The molecule has 0 saturated carbocycles. The Morgan fingerprint density at radius 2 is 1.17 bits per heavy atom. The van der Waals surface area contributed by atoms with Crippen molar-refractivity contribution in [1.29, 1.82) is 0 Å². The molecule has 11 nitrogen and oxygen atoms in total. The van der Waals surface area contributed by atoms with Crippen LogP contribution in [0.4, 0.5) is 0 Å². The predicted molar refractivity (Wildman–Crippen MR) is 178 cm³/mol. The van der Waals surface area contributed by atoms with Gasteiger partial charge in [-0.25, -0.2) is 4.79 Å². The summed E-state index contributed by atoms with van der Waals surface area (Å²) >= 11 is 0. The monoisotopic (exact) mass is 670 g/mol. The number of aliphatic hydroxyl groups is 3. The number of esters is 2. The minimum atomic E-state index is -1.86. The maximum atomic E-state index is 12.6. The molecule has 0 aromatic rings. The molecule has 4 N–H and O–H groups in total. The number of carbonyl (C=O) groups excluding carboxylic acids is 2. The number of carboxylic acid groups (broad SMARTS) is 1. The van der Waals surface area contributed by atoms with Gasteiger partial charge in [0.05, 0.1) is 6.61 Å². The molecule has 0 aliphatic carbocycles. The smallest absolute Gasteiger partial charge is 0.335 e. The summed E-state index contributed by atoms with van der Waals surface area (Å²) in [4.78, 5) is 36.4. The maximum absolute atomic E-state index is 12.6. The van der Waals surface area contributed by atoms with Gasteiger partial charge in [0, 0.05) is 12.8 Å². The van der Waals surface area contributed by atoms with Gasteiger partial charge in [-0.1, -0.05) is 95.9 Å². The largest absolute Gasteiger partial charge is 0.479 e. The van der Waals surface area contributed by atoms with Gasteiger partial charge in [-0.3, -0.25) is 9.59 Å². The van der Waals surface area contributed by atoms with Crippen LogP contribution in [0.2, 0.25) is 0 Å². The van der Waals surface area contributed by atoms with Crippen LogP contribution < -0.4 is 0 Å². The van der Waals surface area contributed by atoms with Gasteiger partial charge in [0.2, 0.25) is 0 Å². The highest BCUT2D eigenvalue weighted by molar-refractivity contribution is 5.73. The molecule has 1 saturated heterocycles. The number of ether oxygens (including phenoxy) is 4. The Bertz CT molecular complexity index is 890. The summed E-state index contributed by atoms with van der Waals surface area (Å²) in [5.41, 5.74) is 0. The fourth-order valence-electron chi connectivity index (χ4n) is 5.09. The number of rotatable bonds is 28. The average Bonchev–Trinajstić information content (AvgIpc) is 3.05. The van der Waals surface area contributed by atoms with E-state index in [1.165, 1.54) is 12.8 Å². The molecule has 0 aromatic carbocycles. The quantitative estimate of drug-likeness (QED) is 0.0443. The van der Waals surface area contributed by atoms with Crippen molar-refractivity contribution in [3.05, 3.63) is 24.3 Å². The molecule has 1 aliphatic rings. The molecular formula is C36H62O11. The first-order valence-electron chi connectivity index (χ1n) is 17.9. The minimum Gasteiger partial charge on any atom is -0.479 e. The number of aliphatic hydroxyl groups excluding tert-OH is 3. The van der Waals surface area contributed by atoms with Crippen LogP contribution in [0.5, 0.6) is 0 Å². The molecule has 272 valence electrons. The van der Waals surface area contributed by atoms with E-state index < -0.39 is 61.3 Å². The van der Waals surface area contributed by atoms with Crippen LogP contribution >= 0.6 is 0 Å². The first-order chi connectivity index (χ1) is 22.7. The molecule has 6 atom stereocenters. The Labute approximate surface area is 281 Å². The van der Waals surface area contributed by atoms with E-state index in [0.717, 1.165) is 83.5 Å². The van der Waals surface area contributed by atoms with Crippen LogP contribution in [0.15, 0.2) is 24.3 Å². The normalized spacial score (nSPS) is 22.1. The van der Waals surface area contributed by atoms with Gasteiger partial charge in [-0.2, -0.15) is 0 Å². The Morgan fingerprint density at radius 3 is 1.74 bits per heavy atom. The van der Waals surface area contributed by atoms with Crippen molar-refractivity contribution in [1.82, 2.24) is 0 Å². The molecule has 0 radical (unpaired) electrons. The van der Waals surface area contributed by atoms with Gasteiger partial charge in [-0.15, -0.1) is 0 Å². The third-order valence-electron chi connectivity index (χ3n) is 8.00. The second-order valence-electron chi connectivity index (χ2n) is 12.3. The van der Waals surface area contributed by atoms with Gasteiger partial charge in [-0.05, 0) is 51.4 Å². The summed E-state index contributed by atoms with van der Waals surface area (Å²) in [5.74, 6) is -2.48. The molecule has 1 rings (SSSR count). The van der Waals surface area contributed by atoms with Crippen molar-refractivity contribution >= 4 is 17.9 Å². The lowest BCUT2D eigenvalue weighted by Gasteiger charge is -2.38. The molecule has 0 amide bonds. The molecule has 1 aliphatic heterocycles. The second-order valence-corrected chi connectivity index (χ2v) is 12.3. The molecular weight excluding hydrogens is 608 g/mol. The Kier molecular flexibility index (Phi) is 25.1. The molecule has 6 unspecified atom stereocenters. The number of hydrogen-bond acceptors (Lipinski definition) is 10. The Hall–Kier alpha value is -2.31. The topological polar surface area (TPSA) is 169 Å². The number of carboxylic acids is 1. The highest BCUT2D eigenvalue weighted by atomic mass is 16.7. The molecule has 0 aromatic heterocycles. The van der Waals surface area contributed by atoms with Gasteiger partial charge in [0.1, 0.15) is 24.9 Å². The van der Waals surface area contributed by atoms with E-state index in [0.29, 0.717) is 12.8 Å². The fourth-order valence-corrected chi connectivity index (χ4v) is 5.09. The van der Waals surface area contributed by atoms with E-state index in [4.69, 9.17) is 18.9 Å². The van der Waals surface area contributed by atoms with Crippen LogP contribution in [-0.4, -0.2) is 88.4 Å². The van der Waals surface area contributed by atoms with Crippen molar-refractivity contribution in [2.45, 2.75) is 173 Å². The SMILES string of the molecule is CCC/C=C\CCCCCCCC(=O)OC(COC(=O)CCCCCCC/C=C\CCCC)COC1OC(C(=O)O)C(O)C(O)C1O. The van der Waals surface area contributed by atoms with Gasteiger partial charge < -0.3 is 39.4 Å². The standard InChI is InChI=1S/C36H62O11/c1-3-5-7-9-11-13-15-17-18-20-22-24-29(37)44-26-28(27-45-36-33(41)31(39)32(40)34(47-36)35(42)43)46-30(38)25-23-21-19-16-14-12-10-8-6-4-2/h8-11,28,31-34,36,39-41H,3-7,12-27H2,1-2H3,(H,42,43)/b10-8-,11-9-. The summed E-state index contributed by atoms with van der Waals surface area (Å²) in [6.07, 6.45) is 16.9. The third kappa shape index (κ3) is 20.6. The van der Waals surface area contributed by atoms with Gasteiger partial charge in [0.15, 0.2) is 18.5 Å². The number of unbranched alkanes of at least 4 members (excludes halogenated alkanes) is 13. The van der Waals surface area contributed by atoms with Crippen molar-refractivity contribution in [2.75, 3.05) is 13.2 Å². The number of aliphatic carboxylic acids is 1. The Morgan fingerprint density at radius 1 is 0.638 bits per heavy atom. The van der Waals surface area contributed by atoms with Gasteiger partial charge in [0.25, 0.3) is 0 Å². The van der Waals surface area contributed by atoms with Crippen LogP contribution in [0.25, 0.3) is 0 Å². The lowest BCUT2D eigenvalue weighted by molar-refractivity contribution is -0.298. The van der Waals surface area contributed by atoms with Crippen LogP contribution in [0.3, 0.4) is 0 Å². The molecule has 0 spiro atoms. The lowest BCUT2D eigenvalue weighted by Crippen LogP contribution is -2.60. The van der Waals surface area contributed by atoms with Crippen molar-refractivity contribution in [3.8, 4) is 0 Å². The number of hydrogen-bond donors (Lipinski definition) is 4. The van der Waals surface area contributed by atoms with E-state index in [1.807, 2.05) is 0 Å². The summed E-state index contributed by atoms with van der Waals surface area (Å²) in [6.45, 7) is 3.65. The number of allylic oxidation sites excluding steroid dienone is 4. The highest BCUT2D eigenvalue weighted by Gasteiger charge is 2.47. The van der Waals surface area contributed by atoms with Crippen LogP contribution in [0.1, 0.15) is 136 Å². The maximum Gasteiger partial charge on any atom is 0.335 e. The molecule has 47 heavy (non-hydrogen) atoms. The van der Waals surface area contributed by atoms with Crippen molar-refractivity contribution < 1.29 is 53.8 Å². The van der Waals surface area contributed by atoms with E-state index >= 15 is 0 Å². The summed E-state index contributed by atoms with van der Waals surface area (Å²) in [7, 11) is 0. The van der Waals surface area contributed by atoms with E-state index in [2.05, 4.69) is 38.2 Å². The average molecular weight is 671 g/mol. The van der Waals surface area contributed by atoms with E-state index in [9.17, 15) is 34.8 Å². The summed E-state index contributed by atoms with van der Waals surface area (Å²) in [6, 6.07) is 0. The lowest BCUT2D eigenvalue weighted by atomic mass is 9.99. The molecule has 0 bridgehead atoms. The summed E-state index contributed by atoms with van der Waals surface area (Å²) in [5, 5.41) is 39.5. The highest BCUT2D eigenvalue weighted by Crippen LogP contribution is 2.23. The van der Waals surface area contributed by atoms with Crippen LogP contribution in [0, 0.1) is 0 Å². The van der Waals surface area contributed by atoms with Crippen molar-refractivity contribution in [2.24, 2.45) is 0 Å². The number of carbonyl (C=O) groups is 3. The second kappa shape index (κ2) is 27.6. The zero-order chi connectivity index (χ0) is 34.7. The predicted octanol–water partition coefficient (Wildman–Crippen LogP) is 5.91. The fraction of sp³-hybridized carbons (Fsp3) is 0.806. The minimum absolute atomic E-state index is 0.171. The van der Waals surface area contributed by atoms with Crippen molar-refractivity contribution in [3.63, 3.8) is 0 Å². The molecule has 1 heterocycles. The first-order valence-corrected chi connectivity index (χ1v) is 17.9. The summed E-state index contributed by atoms with van der Waals surface area (Å²) < 4.78 is 21.5. The zero-order valence-electron chi connectivity index (χ0n) is 28.8. The third-order valence-corrected chi connectivity index (χ3v) is 8.00. The Balaban J connectivity index is 2.50. The van der Waals surface area contributed by atoms with Crippen LogP contribution in [-0.2, 0) is 33.3 Å². The van der Waals surface area contributed by atoms with E-state index in [1.54, 1.807) is 0 Å². The first kappa shape index (κ1) is 42.7. The molecule has 11 heteroatoms. The zero-order valence-corrected chi connectivity index (χ0v) is 28.8. The van der Waals surface area contributed by atoms with E-state index in [-0.39, 0.29) is 19.4 Å². The molecule has 1 fully saturated rings. The van der Waals surface area contributed by atoms with Gasteiger partial charge >= 0.3 is 17.9 Å².